The molecule has 2 unspecified atom stereocenters. The summed E-state index contributed by atoms with van der Waals surface area (Å²) >= 11 is 0. The Labute approximate surface area is 571 Å². The Morgan fingerprint density at radius 2 is 0.516 bits per heavy atom. The van der Waals surface area contributed by atoms with E-state index < -0.39 is 12.1 Å². The van der Waals surface area contributed by atoms with Crippen molar-refractivity contribution in [3.05, 3.63) is 24.3 Å². The molecule has 0 aliphatic carbocycles. The van der Waals surface area contributed by atoms with Crippen LogP contribution in [0.4, 0.5) is 0 Å². The van der Waals surface area contributed by atoms with Gasteiger partial charge in [0, 0.05) is 12.8 Å². The predicted molar refractivity (Wildman–Crippen MR) is 403 cm³/mol. The van der Waals surface area contributed by atoms with Gasteiger partial charge in [-0.3, -0.25) is 9.59 Å². The van der Waals surface area contributed by atoms with E-state index in [1.807, 2.05) is 6.08 Å². The van der Waals surface area contributed by atoms with Gasteiger partial charge in [-0.25, -0.2) is 0 Å². The lowest BCUT2D eigenvalue weighted by molar-refractivity contribution is -0.143. The lowest BCUT2D eigenvalue weighted by Gasteiger charge is -2.20. The zero-order chi connectivity index (χ0) is 65.6. The molecule has 91 heavy (non-hydrogen) atoms. The molecule has 0 saturated carbocycles. The molecular weight excluding hydrogens is 1110 g/mol. The molecule has 0 heterocycles. The van der Waals surface area contributed by atoms with Gasteiger partial charge in [-0.2, -0.15) is 0 Å². The van der Waals surface area contributed by atoms with Gasteiger partial charge in [0.25, 0.3) is 0 Å². The van der Waals surface area contributed by atoms with Gasteiger partial charge < -0.3 is 20.3 Å². The van der Waals surface area contributed by atoms with Gasteiger partial charge in [0.2, 0.25) is 5.91 Å². The normalized spacial score (nSPS) is 12.5. The minimum atomic E-state index is -0.842. The molecule has 0 saturated heterocycles. The predicted octanol–water partition coefficient (Wildman–Crippen LogP) is 28.0. The average molecular weight is 1280 g/mol. The van der Waals surface area contributed by atoms with E-state index >= 15 is 0 Å². The number of aliphatic hydroxyl groups is 2. The van der Waals surface area contributed by atoms with Crippen LogP contribution in [0.3, 0.4) is 0 Å². The molecule has 6 nitrogen and oxygen atoms in total. The van der Waals surface area contributed by atoms with Crippen LogP contribution in [0, 0.1) is 0 Å². The van der Waals surface area contributed by atoms with Crippen LogP contribution in [0.2, 0.25) is 0 Å². The molecule has 0 spiro atoms. The smallest absolute Gasteiger partial charge is 0.305 e. The first kappa shape index (κ1) is 89.3. The van der Waals surface area contributed by atoms with E-state index in [-0.39, 0.29) is 18.5 Å². The van der Waals surface area contributed by atoms with Crippen molar-refractivity contribution >= 4 is 11.9 Å². The molecule has 0 rings (SSSR count). The molecule has 0 radical (unpaired) electrons. The maximum Gasteiger partial charge on any atom is 0.305 e. The minimum absolute atomic E-state index is 0.0268. The first-order valence-electron chi connectivity index (χ1n) is 42.1. The first-order chi connectivity index (χ1) is 45.0. The summed E-state index contributed by atoms with van der Waals surface area (Å²) in [6.07, 6.45) is 105. The Balaban J connectivity index is 3.33. The molecule has 1 amide bonds. The number of nitrogens with one attached hydrogen (secondary N) is 1. The fourth-order valence-corrected chi connectivity index (χ4v) is 13.6. The number of allylic oxidation sites excluding steroid dienone is 3. The Hall–Kier alpha value is -1.66. The monoisotopic (exact) mass is 1280 g/mol. The maximum atomic E-state index is 12.5. The van der Waals surface area contributed by atoms with Crippen LogP contribution in [-0.4, -0.2) is 47.4 Å². The summed E-state index contributed by atoms with van der Waals surface area (Å²) in [5, 5.41) is 23.3. The molecule has 540 valence electrons. The van der Waals surface area contributed by atoms with E-state index in [9.17, 15) is 19.8 Å². The van der Waals surface area contributed by atoms with Crippen LogP contribution in [0.25, 0.3) is 0 Å². The number of carbonyl (C=O) groups is 2. The van der Waals surface area contributed by atoms with Crippen molar-refractivity contribution in [2.75, 3.05) is 13.2 Å². The highest BCUT2D eigenvalue weighted by atomic mass is 16.5. The molecule has 0 aromatic rings. The Kier molecular flexibility index (Phi) is 79.3. The number of amides is 1. The summed E-state index contributed by atoms with van der Waals surface area (Å²) in [6.45, 7) is 4.97. The Morgan fingerprint density at radius 1 is 0.297 bits per heavy atom. The summed E-state index contributed by atoms with van der Waals surface area (Å²) in [4.78, 5) is 24.7. The molecular formula is C85H165NO5. The van der Waals surface area contributed by atoms with Gasteiger partial charge in [-0.05, 0) is 57.8 Å². The Bertz CT molecular complexity index is 1430. The second-order valence-electron chi connectivity index (χ2n) is 29.2. The first-order valence-corrected chi connectivity index (χ1v) is 42.1. The quantitative estimate of drug-likeness (QED) is 0.0320. The van der Waals surface area contributed by atoms with Crippen LogP contribution in [0.1, 0.15) is 483 Å². The summed E-state index contributed by atoms with van der Waals surface area (Å²) in [5.41, 5.74) is 0. The highest BCUT2D eigenvalue weighted by Gasteiger charge is 2.18. The summed E-state index contributed by atoms with van der Waals surface area (Å²) in [6, 6.07) is -0.625. The summed E-state index contributed by atoms with van der Waals surface area (Å²) in [7, 11) is 0. The van der Waals surface area contributed by atoms with Gasteiger partial charge in [0.15, 0.2) is 0 Å². The number of hydrogen-bond acceptors (Lipinski definition) is 5. The molecule has 3 N–H and O–H groups in total. The van der Waals surface area contributed by atoms with Gasteiger partial charge in [-0.1, -0.05) is 436 Å². The number of ether oxygens (including phenoxy) is 1. The summed E-state index contributed by atoms with van der Waals surface area (Å²) in [5.74, 6) is -0.0325. The lowest BCUT2D eigenvalue weighted by Crippen LogP contribution is -2.45. The van der Waals surface area contributed by atoms with Crippen molar-refractivity contribution in [3.8, 4) is 0 Å². The minimum Gasteiger partial charge on any atom is -0.466 e. The standard InChI is InChI=1S/C85H165NO5/c1-3-5-7-9-11-13-15-17-19-21-42-45-49-53-57-61-65-69-73-77-83(88)82(81-87)86-84(89)78-74-70-66-62-58-54-50-46-43-40-38-36-34-32-30-28-26-24-23-25-27-29-31-33-35-37-39-41-44-48-52-56-60-64-68-72-76-80-91-85(90)79-75-71-67-63-59-55-51-47-22-20-18-16-14-12-10-8-6-4-2/h23,25,73,77,82-83,87-88H,3-22,24,26-72,74-76,78-81H2,1-2H3,(H,86,89)/b25-23-,77-73+. The second-order valence-corrected chi connectivity index (χ2v) is 29.2. The number of hydrogen-bond donors (Lipinski definition) is 3. The van der Waals surface area contributed by atoms with Crippen LogP contribution >= 0.6 is 0 Å². The summed E-state index contributed by atoms with van der Waals surface area (Å²) < 4.78 is 5.52. The second kappa shape index (κ2) is 80.8. The topological polar surface area (TPSA) is 95.9 Å². The van der Waals surface area contributed by atoms with Crippen molar-refractivity contribution in [2.24, 2.45) is 0 Å². The molecule has 0 bridgehead atoms. The van der Waals surface area contributed by atoms with Gasteiger partial charge in [0.1, 0.15) is 0 Å². The highest BCUT2D eigenvalue weighted by Crippen LogP contribution is 2.20. The number of unbranched alkanes of at least 4 members (excludes halogenated alkanes) is 67. The molecule has 2 atom stereocenters. The van der Waals surface area contributed by atoms with E-state index in [2.05, 4.69) is 31.3 Å². The molecule has 0 aliphatic rings. The van der Waals surface area contributed by atoms with Crippen LogP contribution in [0.15, 0.2) is 24.3 Å². The maximum absolute atomic E-state index is 12.5. The Morgan fingerprint density at radius 3 is 0.780 bits per heavy atom. The van der Waals surface area contributed by atoms with E-state index in [0.29, 0.717) is 19.4 Å². The van der Waals surface area contributed by atoms with Crippen molar-refractivity contribution in [2.45, 2.75) is 495 Å². The molecule has 0 aromatic carbocycles. The van der Waals surface area contributed by atoms with E-state index in [0.717, 1.165) is 38.5 Å². The number of esters is 1. The molecule has 0 aromatic heterocycles. The molecule has 0 aliphatic heterocycles. The van der Waals surface area contributed by atoms with Gasteiger partial charge in [0.05, 0.1) is 25.4 Å². The van der Waals surface area contributed by atoms with Gasteiger partial charge in [-0.15, -0.1) is 0 Å². The van der Waals surface area contributed by atoms with Crippen molar-refractivity contribution in [3.63, 3.8) is 0 Å². The van der Waals surface area contributed by atoms with Gasteiger partial charge >= 0.3 is 5.97 Å². The van der Waals surface area contributed by atoms with Crippen molar-refractivity contribution in [1.29, 1.82) is 0 Å². The molecule has 0 fully saturated rings. The number of rotatable bonds is 80. The van der Waals surface area contributed by atoms with Crippen molar-refractivity contribution < 1.29 is 24.5 Å². The van der Waals surface area contributed by atoms with Crippen LogP contribution in [-0.2, 0) is 14.3 Å². The van der Waals surface area contributed by atoms with E-state index in [4.69, 9.17) is 4.74 Å². The lowest BCUT2D eigenvalue weighted by atomic mass is 10.0. The fourth-order valence-electron chi connectivity index (χ4n) is 13.6. The third-order valence-corrected chi connectivity index (χ3v) is 20.0. The van der Waals surface area contributed by atoms with Crippen LogP contribution < -0.4 is 5.32 Å². The number of aliphatic hydroxyl groups excluding tert-OH is 2. The third kappa shape index (κ3) is 77.2. The zero-order valence-corrected chi connectivity index (χ0v) is 62.1. The number of carbonyl (C=O) groups excluding carboxylic acids is 2. The fraction of sp³-hybridized carbons (Fsp3) is 0.929. The zero-order valence-electron chi connectivity index (χ0n) is 62.1. The SMILES string of the molecule is CCCCCCCCCCCCCCCCCCC/C=C/C(O)C(CO)NC(=O)CCCCCCCCCCCCCCCCCCC/C=C\CCCCCCCCCCCCCCCCCCOC(=O)CCCCCCCCCCCCCCCCCCCC. The highest BCUT2D eigenvalue weighted by molar-refractivity contribution is 5.76. The third-order valence-electron chi connectivity index (χ3n) is 20.0. The average Bonchev–Trinajstić information content (AvgIpc) is 3.59. The van der Waals surface area contributed by atoms with Crippen molar-refractivity contribution in [1.82, 2.24) is 5.32 Å². The van der Waals surface area contributed by atoms with Crippen LogP contribution in [0.5, 0.6) is 0 Å². The molecule has 6 heteroatoms. The van der Waals surface area contributed by atoms with E-state index in [1.165, 1.54) is 417 Å². The van der Waals surface area contributed by atoms with E-state index in [1.54, 1.807) is 6.08 Å². The largest absolute Gasteiger partial charge is 0.466 e.